The van der Waals surface area contributed by atoms with E-state index >= 15 is 0 Å². The predicted octanol–water partition coefficient (Wildman–Crippen LogP) is 14.9. The average molecular weight is 802 g/mol. The molecule has 0 atom stereocenters. The summed E-state index contributed by atoms with van der Waals surface area (Å²) in [6.07, 6.45) is 3.70. The molecule has 0 N–H and O–H groups in total. The zero-order chi connectivity index (χ0) is 41.7. The van der Waals surface area contributed by atoms with E-state index in [1.807, 2.05) is 18.3 Å². The minimum absolute atomic E-state index is 0.598. The van der Waals surface area contributed by atoms with Gasteiger partial charge in [-0.3, -0.25) is 4.98 Å². The van der Waals surface area contributed by atoms with Crippen molar-refractivity contribution in [3.05, 3.63) is 259 Å². The molecule has 0 bridgehead atoms. The van der Waals surface area contributed by atoms with Gasteiger partial charge in [-0.15, -0.1) is 0 Å². The average Bonchev–Trinajstić information content (AvgIpc) is 3.69. The first-order valence-electron chi connectivity index (χ1n) is 21.5. The van der Waals surface area contributed by atoms with Gasteiger partial charge in [0.1, 0.15) is 0 Å². The quantitative estimate of drug-likeness (QED) is 0.161. The Bertz CT molecular complexity index is 3430. The highest BCUT2D eigenvalue weighted by Gasteiger charge is 2.48. The van der Waals surface area contributed by atoms with E-state index in [1.54, 1.807) is 6.20 Å². The van der Waals surface area contributed by atoms with E-state index < -0.39 is 5.41 Å². The van der Waals surface area contributed by atoms with Crippen LogP contribution in [0.15, 0.2) is 237 Å². The highest BCUT2D eigenvalue weighted by molar-refractivity contribution is 6.08. The van der Waals surface area contributed by atoms with Crippen molar-refractivity contribution in [2.45, 2.75) is 5.41 Å². The summed E-state index contributed by atoms with van der Waals surface area (Å²) in [7, 11) is 0. The number of benzene rings is 9. The first-order chi connectivity index (χ1) is 31.3. The molecule has 0 unspecified atom stereocenters. The van der Waals surface area contributed by atoms with Crippen LogP contribution in [0.5, 0.6) is 0 Å². The molecule has 2 aromatic heterocycles. The maximum atomic E-state index is 5.35. The molecule has 0 spiro atoms. The molecule has 0 saturated carbocycles. The summed E-state index contributed by atoms with van der Waals surface area (Å²) in [5, 5.41) is 4.75. The van der Waals surface area contributed by atoms with Crippen molar-refractivity contribution in [2.24, 2.45) is 0 Å². The fraction of sp³-hybridized carbons (Fsp3) is 0.0167. The lowest BCUT2D eigenvalue weighted by atomic mass is 9.65. The third kappa shape index (κ3) is 5.93. The maximum Gasteiger partial charge on any atom is 0.161 e. The molecule has 0 saturated heterocycles. The smallest absolute Gasteiger partial charge is 0.161 e. The summed E-state index contributed by atoms with van der Waals surface area (Å²) in [5.74, 6) is 0.686. The van der Waals surface area contributed by atoms with Gasteiger partial charge in [-0.2, -0.15) is 0 Å². The van der Waals surface area contributed by atoms with Crippen molar-refractivity contribution in [3.63, 3.8) is 0 Å². The van der Waals surface area contributed by atoms with Crippen LogP contribution in [0.1, 0.15) is 22.3 Å². The molecule has 12 rings (SSSR count). The molecule has 294 valence electrons. The van der Waals surface area contributed by atoms with E-state index in [2.05, 4.69) is 217 Å². The fourth-order valence-corrected chi connectivity index (χ4v) is 10.1. The molecular weight excluding hydrogens is 763 g/mol. The first kappa shape index (κ1) is 36.6. The summed E-state index contributed by atoms with van der Waals surface area (Å²) in [4.78, 5) is 15.0. The van der Waals surface area contributed by atoms with Crippen LogP contribution in [-0.2, 0) is 5.41 Å². The Morgan fingerprint density at radius 1 is 0.317 bits per heavy atom. The first-order valence-corrected chi connectivity index (χ1v) is 21.5. The number of fused-ring (bicyclic) bond motifs is 6. The summed E-state index contributed by atoms with van der Waals surface area (Å²) in [6, 6.07) is 81.1. The molecule has 0 amide bonds. The number of pyridine rings is 1. The van der Waals surface area contributed by atoms with Gasteiger partial charge in [-0.05, 0) is 95.4 Å². The topological polar surface area (TPSA) is 38.7 Å². The minimum Gasteiger partial charge on any atom is -0.264 e. The van der Waals surface area contributed by atoms with Crippen molar-refractivity contribution in [3.8, 4) is 67.3 Å². The molecule has 3 heteroatoms. The Morgan fingerprint density at radius 3 is 1.49 bits per heavy atom. The lowest BCUT2D eigenvalue weighted by Gasteiger charge is -2.36. The van der Waals surface area contributed by atoms with Crippen LogP contribution in [-0.4, -0.2) is 15.0 Å². The second-order valence-corrected chi connectivity index (χ2v) is 16.3. The third-order valence-corrected chi connectivity index (χ3v) is 12.9. The molecule has 0 radical (unpaired) electrons. The van der Waals surface area contributed by atoms with Gasteiger partial charge in [-0.25, -0.2) is 9.97 Å². The zero-order valence-corrected chi connectivity index (χ0v) is 34.4. The Hall–Kier alpha value is -8.27. The van der Waals surface area contributed by atoms with Gasteiger partial charge in [0.05, 0.1) is 16.8 Å². The number of rotatable bonds is 7. The second-order valence-electron chi connectivity index (χ2n) is 16.3. The van der Waals surface area contributed by atoms with Crippen molar-refractivity contribution < 1.29 is 0 Å². The summed E-state index contributed by atoms with van der Waals surface area (Å²) in [5.41, 5.74) is 16.4. The van der Waals surface area contributed by atoms with Crippen LogP contribution in [0, 0.1) is 0 Å². The summed E-state index contributed by atoms with van der Waals surface area (Å²) >= 11 is 0. The Labute approximate surface area is 366 Å². The van der Waals surface area contributed by atoms with Crippen LogP contribution in [0.25, 0.3) is 88.8 Å². The van der Waals surface area contributed by atoms with Crippen molar-refractivity contribution in [1.29, 1.82) is 0 Å². The maximum absolute atomic E-state index is 5.35. The van der Waals surface area contributed by atoms with Crippen molar-refractivity contribution in [1.82, 2.24) is 15.0 Å². The molecule has 9 aromatic carbocycles. The molecule has 11 aromatic rings. The zero-order valence-electron chi connectivity index (χ0n) is 34.4. The number of hydrogen-bond donors (Lipinski definition) is 0. The lowest BCUT2D eigenvalue weighted by molar-refractivity contribution is 0.777. The highest BCUT2D eigenvalue weighted by Crippen LogP contribution is 2.60. The molecule has 1 aliphatic rings. The second kappa shape index (κ2) is 15.0. The van der Waals surface area contributed by atoms with Gasteiger partial charge in [0.25, 0.3) is 0 Å². The molecule has 3 nitrogen and oxygen atoms in total. The molecule has 63 heavy (non-hydrogen) atoms. The van der Waals surface area contributed by atoms with E-state index in [1.165, 1.54) is 55.3 Å². The number of aromatic nitrogens is 3. The van der Waals surface area contributed by atoms with E-state index in [0.29, 0.717) is 5.82 Å². The number of nitrogens with zero attached hydrogens (tertiary/aromatic N) is 3. The largest absolute Gasteiger partial charge is 0.264 e. The Morgan fingerprint density at radius 2 is 0.825 bits per heavy atom. The van der Waals surface area contributed by atoms with Crippen molar-refractivity contribution >= 4 is 21.5 Å². The molecule has 0 fully saturated rings. The summed E-state index contributed by atoms with van der Waals surface area (Å²) in [6.45, 7) is 0. The van der Waals surface area contributed by atoms with Crippen LogP contribution in [0.4, 0.5) is 0 Å². The van der Waals surface area contributed by atoms with Gasteiger partial charge in [-0.1, -0.05) is 206 Å². The van der Waals surface area contributed by atoms with Crippen LogP contribution in [0.3, 0.4) is 0 Å². The Balaban J connectivity index is 1.09. The van der Waals surface area contributed by atoms with Crippen LogP contribution in [0.2, 0.25) is 0 Å². The van der Waals surface area contributed by atoms with Gasteiger partial charge in [0.15, 0.2) is 5.82 Å². The minimum atomic E-state index is -0.598. The van der Waals surface area contributed by atoms with Crippen LogP contribution < -0.4 is 0 Å². The normalized spacial score (nSPS) is 12.6. The molecular formula is C60H39N3. The van der Waals surface area contributed by atoms with Crippen LogP contribution >= 0.6 is 0 Å². The monoisotopic (exact) mass is 801 g/mol. The van der Waals surface area contributed by atoms with E-state index in [-0.39, 0.29) is 0 Å². The van der Waals surface area contributed by atoms with Crippen molar-refractivity contribution in [2.75, 3.05) is 0 Å². The molecule has 0 aliphatic heterocycles. The van der Waals surface area contributed by atoms with Gasteiger partial charge in [0, 0.05) is 29.1 Å². The van der Waals surface area contributed by atoms with Gasteiger partial charge in [0.2, 0.25) is 0 Å². The fourth-order valence-electron chi connectivity index (χ4n) is 10.1. The van der Waals surface area contributed by atoms with E-state index in [9.17, 15) is 0 Å². The standard InChI is InChI=1S/C60H39N3/c1-4-17-42(18-5-1)55-38-56(43-31-29-40(30-32-43)44-19-15-37-61-39-44)63-59(62-55)54-36-35-50(48-25-12-13-26-49(48)54)51-27-14-28-52-53-34-33-41-16-10-11-24-47(41)57(53)60(58(51)52,45-20-6-2-7-21-45)46-22-8-3-9-23-46/h1-39H. The van der Waals surface area contributed by atoms with E-state index in [0.717, 1.165) is 50.0 Å². The van der Waals surface area contributed by atoms with E-state index in [4.69, 9.17) is 9.97 Å². The lowest BCUT2D eigenvalue weighted by Crippen LogP contribution is -2.29. The molecule has 2 heterocycles. The SMILES string of the molecule is c1ccc(-c2cc(-c3ccc(-c4cccnc4)cc3)nc(-c3ccc(-c4cccc5c4C(c4ccccc4)(c4ccccc4)c4c-5ccc5ccccc45)c4ccccc34)n2)cc1. The third-order valence-electron chi connectivity index (χ3n) is 12.9. The number of hydrogen-bond acceptors (Lipinski definition) is 3. The summed E-state index contributed by atoms with van der Waals surface area (Å²) < 4.78 is 0. The molecule has 1 aliphatic carbocycles. The van der Waals surface area contributed by atoms with Gasteiger partial charge >= 0.3 is 0 Å². The van der Waals surface area contributed by atoms with Gasteiger partial charge < -0.3 is 0 Å². The Kier molecular flexibility index (Phi) is 8.72. The predicted molar refractivity (Wildman–Crippen MR) is 259 cm³/mol. The highest BCUT2D eigenvalue weighted by atomic mass is 14.9.